The van der Waals surface area contributed by atoms with Crippen LogP contribution in [0.2, 0.25) is 0 Å². The molecule has 1 aromatic rings. The molecule has 0 radical (unpaired) electrons. The Kier molecular flexibility index (Phi) is 2.47. The lowest BCUT2D eigenvalue weighted by molar-refractivity contribution is 0.386. The van der Waals surface area contributed by atoms with Crippen LogP contribution < -0.4 is 5.73 Å². The predicted molar refractivity (Wildman–Crippen MR) is 65.3 cm³/mol. The van der Waals surface area contributed by atoms with E-state index in [9.17, 15) is 5.26 Å². The van der Waals surface area contributed by atoms with E-state index in [0.29, 0.717) is 5.70 Å². The van der Waals surface area contributed by atoms with Gasteiger partial charge in [0.15, 0.2) is 0 Å². The highest BCUT2D eigenvalue weighted by Gasteiger charge is 2.34. The molecule has 0 amide bonds. The van der Waals surface area contributed by atoms with Gasteiger partial charge in [0, 0.05) is 11.0 Å². The van der Waals surface area contributed by atoms with E-state index >= 15 is 0 Å². The van der Waals surface area contributed by atoms with Crippen molar-refractivity contribution < 1.29 is 0 Å². The summed E-state index contributed by atoms with van der Waals surface area (Å²) in [5.74, 6) is 0. The third-order valence-electron chi connectivity index (χ3n) is 3.65. The van der Waals surface area contributed by atoms with Crippen LogP contribution in [0.25, 0.3) is 5.70 Å². The molecule has 1 aliphatic rings. The highest BCUT2D eigenvalue weighted by atomic mass is 14.6. The Morgan fingerprint density at radius 1 is 1.44 bits per heavy atom. The minimum absolute atomic E-state index is 0.104. The van der Waals surface area contributed by atoms with Gasteiger partial charge in [-0.25, -0.2) is 0 Å². The van der Waals surface area contributed by atoms with Gasteiger partial charge in [-0.3, -0.25) is 0 Å². The van der Waals surface area contributed by atoms with Gasteiger partial charge in [0.05, 0.1) is 17.3 Å². The highest BCUT2D eigenvalue weighted by Crippen LogP contribution is 2.42. The van der Waals surface area contributed by atoms with Gasteiger partial charge in [-0.05, 0) is 18.4 Å². The zero-order valence-electron chi connectivity index (χ0n) is 9.75. The average Bonchev–Trinajstić information content (AvgIpc) is 2.29. The lowest BCUT2D eigenvalue weighted by Crippen LogP contribution is -2.28. The van der Waals surface area contributed by atoms with Crippen molar-refractivity contribution in [2.45, 2.75) is 26.7 Å². The van der Waals surface area contributed by atoms with Gasteiger partial charge >= 0.3 is 0 Å². The number of hydrogen-bond donors (Lipinski definition) is 1. The second-order valence-corrected chi connectivity index (χ2v) is 4.65. The van der Waals surface area contributed by atoms with Gasteiger partial charge < -0.3 is 5.73 Å². The molecule has 0 saturated carbocycles. The van der Waals surface area contributed by atoms with Crippen LogP contribution in [0.1, 0.15) is 31.4 Å². The first-order valence-electron chi connectivity index (χ1n) is 5.61. The monoisotopic (exact) mass is 212 g/mol. The highest BCUT2D eigenvalue weighted by molar-refractivity contribution is 5.75. The molecule has 1 aromatic carbocycles. The number of allylic oxidation sites excluding steroid dienone is 1. The molecule has 0 aromatic heterocycles. The maximum Gasteiger partial charge on any atom is 0.0974 e. The number of benzene rings is 1. The summed E-state index contributed by atoms with van der Waals surface area (Å²) in [6, 6.07) is 10.4. The molecule has 0 bridgehead atoms. The molecule has 1 atom stereocenters. The van der Waals surface area contributed by atoms with Crippen LogP contribution >= 0.6 is 0 Å². The third-order valence-corrected chi connectivity index (χ3v) is 3.65. The number of fused-ring (bicyclic) bond motifs is 1. The Balaban J connectivity index is 2.67. The van der Waals surface area contributed by atoms with E-state index in [-0.39, 0.29) is 5.41 Å². The van der Waals surface area contributed by atoms with Crippen LogP contribution in [0.15, 0.2) is 29.8 Å². The van der Waals surface area contributed by atoms with Crippen molar-refractivity contribution in [2.75, 3.05) is 0 Å². The number of rotatable bonds is 1. The normalized spacial score (nSPS) is 23.8. The summed E-state index contributed by atoms with van der Waals surface area (Å²) in [7, 11) is 0. The number of nitrogens with two attached hydrogens (primary N) is 1. The first kappa shape index (κ1) is 10.8. The first-order chi connectivity index (χ1) is 7.62. The number of nitriles is 1. The molecule has 0 heterocycles. The van der Waals surface area contributed by atoms with E-state index < -0.39 is 0 Å². The molecule has 0 aliphatic heterocycles. The van der Waals surface area contributed by atoms with Gasteiger partial charge in [-0.1, -0.05) is 38.1 Å². The molecule has 0 saturated heterocycles. The standard InChI is InChI=1S/C14H16N2/c1-3-14(2)8-10-6-4-5-7-11(10)13(16)12(14)9-15/h4-7H,3,8,16H2,1-2H3. The smallest absolute Gasteiger partial charge is 0.0974 e. The zero-order valence-corrected chi connectivity index (χ0v) is 9.75. The molecular weight excluding hydrogens is 196 g/mol. The second-order valence-electron chi connectivity index (χ2n) is 4.65. The van der Waals surface area contributed by atoms with Crippen LogP contribution in [0.3, 0.4) is 0 Å². The van der Waals surface area contributed by atoms with E-state index in [1.54, 1.807) is 0 Å². The summed E-state index contributed by atoms with van der Waals surface area (Å²) in [6.45, 7) is 4.23. The van der Waals surface area contributed by atoms with E-state index in [1.807, 2.05) is 18.2 Å². The Morgan fingerprint density at radius 3 is 2.75 bits per heavy atom. The van der Waals surface area contributed by atoms with Crippen LogP contribution in [0.5, 0.6) is 0 Å². The zero-order chi connectivity index (χ0) is 11.8. The first-order valence-corrected chi connectivity index (χ1v) is 5.61. The predicted octanol–water partition coefficient (Wildman–Crippen LogP) is 2.85. The molecule has 0 spiro atoms. The molecule has 0 fully saturated rings. The van der Waals surface area contributed by atoms with Crippen molar-refractivity contribution in [2.24, 2.45) is 11.1 Å². The Hall–Kier alpha value is -1.75. The fraction of sp³-hybridized carbons (Fsp3) is 0.357. The minimum atomic E-state index is -0.104. The average molecular weight is 212 g/mol. The molecule has 2 rings (SSSR count). The number of hydrogen-bond acceptors (Lipinski definition) is 2. The molecule has 16 heavy (non-hydrogen) atoms. The lowest BCUT2D eigenvalue weighted by atomic mass is 9.69. The molecule has 1 unspecified atom stereocenters. The summed E-state index contributed by atoms with van der Waals surface area (Å²) < 4.78 is 0. The third kappa shape index (κ3) is 1.40. The molecular formula is C14H16N2. The molecule has 2 heteroatoms. The van der Waals surface area contributed by atoms with E-state index in [1.165, 1.54) is 5.56 Å². The molecule has 2 nitrogen and oxygen atoms in total. The van der Waals surface area contributed by atoms with Crippen molar-refractivity contribution in [3.8, 4) is 6.07 Å². The van der Waals surface area contributed by atoms with E-state index in [2.05, 4.69) is 26.0 Å². The minimum Gasteiger partial charge on any atom is -0.397 e. The van der Waals surface area contributed by atoms with Gasteiger partial charge in [-0.15, -0.1) is 0 Å². The fourth-order valence-electron chi connectivity index (χ4n) is 2.40. The van der Waals surface area contributed by atoms with E-state index in [0.717, 1.165) is 24.0 Å². The van der Waals surface area contributed by atoms with E-state index in [4.69, 9.17) is 5.73 Å². The van der Waals surface area contributed by atoms with Crippen molar-refractivity contribution in [1.29, 1.82) is 5.26 Å². The van der Waals surface area contributed by atoms with Crippen molar-refractivity contribution in [3.63, 3.8) is 0 Å². The quantitative estimate of drug-likeness (QED) is 0.778. The summed E-state index contributed by atoms with van der Waals surface area (Å²) in [5, 5.41) is 9.27. The fourth-order valence-corrected chi connectivity index (χ4v) is 2.40. The maximum atomic E-state index is 9.27. The summed E-state index contributed by atoms with van der Waals surface area (Å²) >= 11 is 0. The van der Waals surface area contributed by atoms with Crippen LogP contribution in [0, 0.1) is 16.7 Å². The second kappa shape index (κ2) is 3.68. The molecule has 2 N–H and O–H groups in total. The van der Waals surface area contributed by atoms with Gasteiger partial charge in [0.25, 0.3) is 0 Å². The largest absolute Gasteiger partial charge is 0.397 e. The van der Waals surface area contributed by atoms with Crippen molar-refractivity contribution >= 4 is 5.70 Å². The number of nitrogens with zero attached hydrogens (tertiary/aromatic N) is 1. The van der Waals surface area contributed by atoms with Crippen molar-refractivity contribution in [1.82, 2.24) is 0 Å². The van der Waals surface area contributed by atoms with Gasteiger partial charge in [-0.2, -0.15) is 5.26 Å². The SMILES string of the molecule is CCC1(C)Cc2ccccc2C(N)=C1C#N. The summed E-state index contributed by atoms with van der Waals surface area (Å²) in [6.07, 6.45) is 1.84. The Bertz CT molecular complexity index is 494. The molecule has 82 valence electrons. The maximum absolute atomic E-state index is 9.27. The Morgan fingerprint density at radius 2 is 2.12 bits per heavy atom. The van der Waals surface area contributed by atoms with Gasteiger partial charge in [0.2, 0.25) is 0 Å². The summed E-state index contributed by atoms with van der Waals surface area (Å²) in [4.78, 5) is 0. The van der Waals surface area contributed by atoms with Gasteiger partial charge in [0.1, 0.15) is 0 Å². The Labute approximate surface area is 96.4 Å². The van der Waals surface area contributed by atoms with Crippen LogP contribution in [-0.2, 0) is 6.42 Å². The van der Waals surface area contributed by atoms with Crippen molar-refractivity contribution in [3.05, 3.63) is 41.0 Å². The lowest BCUT2D eigenvalue weighted by Gasteiger charge is -2.34. The summed E-state index contributed by atoms with van der Waals surface area (Å²) in [5.41, 5.74) is 9.70. The topological polar surface area (TPSA) is 49.8 Å². The van der Waals surface area contributed by atoms with Crippen LogP contribution in [0.4, 0.5) is 0 Å². The molecule has 1 aliphatic carbocycles. The van der Waals surface area contributed by atoms with Crippen LogP contribution in [-0.4, -0.2) is 0 Å².